The predicted molar refractivity (Wildman–Crippen MR) is 161 cm³/mol. The maximum absolute atomic E-state index is 8.29. The average molecular weight is 636 g/mol. The van der Waals surface area contributed by atoms with Crippen molar-refractivity contribution in [3.63, 3.8) is 0 Å². The molecule has 42 heavy (non-hydrogen) atoms. The second-order valence-corrected chi connectivity index (χ2v) is 9.18. The Hall–Kier alpha value is -4.33. The molecule has 0 unspecified atom stereocenters. The van der Waals surface area contributed by atoms with E-state index < -0.39 is 0 Å². The van der Waals surface area contributed by atoms with E-state index in [4.69, 9.17) is 9.91 Å². The third kappa shape index (κ3) is 10.2. The van der Waals surface area contributed by atoms with Crippen molar-refractivity contribution in [2.45, 2.75) is 48.5 Å². The van der Waals surface area contributed by atoms with Crippen molar-refractivity contribution in [2.75, 3.05) is 0 Å². The smallest absolute Gasteiger partial charge is 0 e. The SMILES string of the molecule is CC#Cc1ccccc1.Cc1cc(C)n([B-](n2nc(C)cc2C)n2nc(C)cc2C)n1.N#Cc1ccccc1.[C-]#[O+].[Nb]. The summed E-state index contributed by atoms with van der Waals surface area (Å²) in [7, 11) is -0.226. The van der Waals surface area contributed by atoms with Gasteiger partial charge in [-0.15, -0.1) is 5.92 Å². The van der Waals surface area contributed by atoms with Gasteiger partial charge in [0, 0.05) is 27.9 Å². The number of hydrogen-bond donors (Lipinski definition) is 0. The van der Waals surface area contributed by atoms with Crippen LogP contribution in [0.2, 0.25) is 0 Å². The minimum Gasteiger partial charge on any atom is 0 e. The number of hydrogen-bond acceptors (Lipinski definition) is 4. The average Bonchev–Trinajstić information content (AvgIpc) is 3.61. The van der Waals surface area contributed by atoms with Gasteiger partial charge in [0.1, 0.15) is 0 Å². The molecule has 0 saturated carbocycles. The molecule has 0 fully saturated rings. The van der Waals surface area contributed by atoms with Gasteiger partial charge in [-0.25, -0.2) is 15.3 Å². The molecule has 5 rings (SSSR count). The van der Waals surface area contributed by atoms with Crippen LogP contribution < -0.4 is 0 Å². The van der Waals surface area contributed by atoms with Crippen LogP contribution in [0.4, 0.5) is 0 Å². The number of rotatable bonds is 3. The van der Waals surface area contributed by atoms with Crippen LogP contribution >= 0.6 is 0 Å². The number of nitrogens with zero attached hydrogens (tertiary/aromatic N) is 7. The van der Waals surface area contributed by atoms with Crippen molar-refractivity contribution in [1.29, 1.82) is 5.26 Å². The van der Waals surface area contributed by atoms with Gasteiger partial charge in [0.15, 0.2) is 0 Å². The van der Waals surface area contributed by atoms with Gasteiger partial charge in [0.05, 0.1) is 28.7 Å². The number of aryl methyl sites for hydroxylation is 6. The molecule has 2 radical (unpaired) electrons. The van der Waals surface area contributed by atoms with Gasteiger partial charge in [-0.05, 0) is 108 Å². The largest absolute Gasteiger partial charge is 0 e. The summed E-state index contributed by atoms with van der Waals surface area (Å²) < 4.78 is 13.4. The first kappa shape index (κ1) is 35.7. The van der Waals surface area contributed by atoms with Crippen LogP contribution in [-0.4, -0.2) is 36.2 Å². The van der Waals surface area contributed by atoms with E-state index in [1.807, 2.05) is 96.1 Å². The van der Waals surface area contributed by atoms with Gasteiger partial charge in [0.25, 0.3) is 7.12 Å². The Balaban J connectivity index is 0.000000364. The van der Waals surface area contributed by atoms with Crippen LogP contribution in [0, 0.1) is 71.4 Å². The summed E-state index contributed by atoms with van der Waals surface area (Å²) in [5.41, 5.74) is 8.03. The molecule has 0 atom stereocenters. The first-order chi connectivity index (χ1) is 19.7. The molecule has 0 aliphatic rings. The fourth-order valence-corrected chi connectivity index (χ4v) is 4.13. The Morgan fingerprint density at radius 1 is 0.643 bits per heavy atom. The van der Waals surface area contributed by atoms with Gasteiger partial charge < -0.3 is 13.8 Å². The van der Waals surface area contributed by atoms with Crippen LogP contribution in [0.3, 0.4) is 0 Å². The molecule has 212 valence electrons. The first-order valence-corrected chi connectivity index (χ1v) is 12.9. The minimum absolute atomic E-state index is 0. The molecule has 10 heteroatoms. The Morgan fingerprint density at radius 2 is 0.976 bits per heavy atom. The third-order valence-corrected chi connectivity index (χ3v) is 5.74. The molecule has 5 aromatic rings. The Kier molecular flexibility index (Phi) is 15.4. The van der Waals surface area contributed by atoms with Gasteiger partial charge in [-0.3, -0.25) is 0 Å². The summed E-state index contributed by atoms with van der Waals surface area (Å²) in [6.07, 6.45) is 0. The predicted octanol–water partition coefficient (Wildman–Crippen LogP) is 5.63. The quantitative estimate of drug-likeness (QED) is 0.111. The summed E-state index contributed by atoms with van der Waals surface area (Å²) in [6, 6.07) is 27.3. The van der Waals surface area contributed by atoms with Crippen LogP contribution in [0.25, 0.3) is 0 Å². The molecule has 0 spiro atoms. The maximum Gasteiger partial charge on any atom is 0 e. The molecule has 0 aliphatic carbocycles. The molecule has 0 bridgehead atoms. The molecule has 0 saturated heterocycles. The number of nitriles is 1. The normalized spacial score (nSPS) is 9.26. The monoisotopic (exact) mass is 636 g/mol. The summed E-state index contributed by atoms with van der Waals surface area (Å²) in [5.74, 6) is 5.79. The minimum atomic E-state index is -0.226. The van der Waals surface area contributed by atoms with Crippen molar-refractivity contribution in [1.82, 2.24) is 29.1 Å². The summed E-state index contributed by atoms with van der Waals surface area (Å²) in [6.45, 7) is 18.5. The van der Waals surface area contributed by atoms with Crippen LogP contribution in [-0.2, 0) is 27.0 Å². The van der Waals surface area contributed by atoms with Gasteiger partial charge >= 0.3 is 11.3 Å². The van der Waals surface area contributed by atoms with Crippen LogP contribution in [0.1, 0.15) is 52.2 Å². The molecule has 0 amide bonds. The van der Waals surface area contributed by atoms with Gasteiger partial charge in [0.2, 0.25) is 0 Å². The van der Waals surface area contributed by atoms with E-state index in [2.05, 4.69) is 72.8 Å². The Bertz CT molecular complexity index is 1540. The van der Waals surface area contributed by atoms with Crippen LogP contribution in [0.5, 0.6) is 0 Å². The molecule has 0 N–H and O–H groups in total. The van der Waals surface area contributed by atoms with E-state index in [-0.39, 0.29) is 29.5 Å². The van der Waals surface area contributed by atoms with Gasteiger partial charge in [-0.2, -0.15) is 5.26 Å². The molecular weight excluding hydrogens is 602 g/mol. The fourth-order valence-electron chi connectivity index (χ4n) is 4.13. The topological polar surface area (TPSA) is 97.2 Å². The molecule has 3 aromatic heterocycles. The Morgan fingerprint density at radius 3 is 1.21 bits per heavy atom. The first-order valence-electron chi connectivity index (χ1n) is 12.9. The van der Waals surface area contributed by atoms with Crippen molar-refractivity contribution in [3.05, 3.63) is 131 Å². The van der Waals surface area contributed by atoms with E-state index in [9.17, 15) is 0 Å². The van der Waals surface area contributed by atoms with Crippen LogP contribution in [0.15, 0.2) is 78.9 Å². The molecular formula is C32H34BN7NbO-. The van der Waals surface area contributed by atoms with E-state index in [1.165, 1.54) is 0 Å². The van der Waals surface area contributed by atoms with Crippen molar-refractivity contribution in [2.24, 2.45) is 0 Å². The summed E-state index contributed by atoms with van der Waals surface area (Å²) in [4.78, 5) is 0. The molecule has 8 nitrogen and oxygen atoms in total. The van der Waals surface area contributed by atoms with E-state index in [1.54, 1.807) is 12.1 Å². The van der Waals surface area contributed by atoms with Crippen molar-refractivity contribution >= 4 is 7.12 Å². The van der Waals surface area contributed by atoms with Crippen molar-refractivity contribution in [3.8, 4) is 17.9 Å². The fraction of sp³-hybridized carbons (Fsp3) is 0.219. The third-order valence-electron chi connectivity index (χ3n) is 5.74. The number of aromatic nitrogens is 6. The zero-order valence-electron chi connectivity index (χ0n) is 25.1. The molecule has 2 aromatic carbocycles. The zero-order valence-corrected chi connectivity index (χ0v) is 27.3. The maximum atomic E-state index is 8.29. The van der Waals surface area contributed by atoms with E-state index in [0.717, 1.165) is 39.7 Å². The molecule has 0 aliphatic heterocycles. The second kappa shape index (κ2) is 18.2. The molecule has 3 heterocycles. The number of benzene rings is 2. The standard InChI is InChI=1S/C15H21BN6.C9H8.C7H5N.CO.Nb/c1-10-7-13(4)20(17-10)16(21-14(5)8-11(2)18-21)22-15(6)9-12(3)19-22;1-2-6-9-7-4-3-5-8-9;8-6-7-4-2-1-3-5-7;1-2;/h7-9H,1-6H3;3-5,7-8H,1H3;1-5H;;/q-1;;;;. The Labute approximate surface area is 264 Å². The summed E-state index contributed by atoms with van der Waals surface area (Å²) in [5, 5.41) is 22.3. The zero-order chi connectivity index (χ0) is 30.4. The van der Waals surface area contributed by atoms with E-state index in [0.29, 0.717) is 5.56 Å². The summed E-state index contributed by atoms with van der Waals surface area (Å²) >= 11 is 0. The second-order valence-electron chi connectivity index (χ2n) is 9.18. The van der Waals surface area contributed by atoms with E-state index >= 15 is 0 Å². The van der Waals surface area contributed by atoms with Gasteiger partial charge in [-0.1, -0.05) is 42.3 Å². The van der Waals surface area contributed by atoms with Crippen molar-refractivity contribution < 1.29 is 27.0 Å².